The average Bonchev–Trinajstić information content (AvgIpc) is 2.63. The maximum Gasteiger partial charge on any atom is 0.306 e. The van der Waals surface area contributed by atoms with Gasteiger partial charge in [0, 0.05) is 19.6 Å². The van der Waals surface area contributed by atoms with Crippen molar-refractivity contribution in [2.24, 2.45) is 5.92 Å². The molecule has 0 aromatic carbocycles. The van der Waals surface area contributed by atoms with Crippen molar-refractivity contribution in [1.82, 2.24) is 5.32 Å². The van der Waals surface area contributed by atoms with Crippen LogP contribution >= 0.6 is 0 Å². The normalized spacial score (nSPS) is 25.1. The monoisotopic (exact) mass is 215 g/mol. The highest BCUT2D eigenvalue weighted by Crippen LogP contribution is 2.25. The molecule has 2 N–H and O–H groups in total. The molecule has 1 saturated carbocycles. The Morgan fingerprint density at radius 2 is 2.20 bits per heavy atom. The van der Waals surface area contributed by atoms with E-state index in [1.165, 1.54) is 0 Å². The van der Waals surface area contributed by atoms with Gasteiger partial charge in [0.1, 0.15) is 0 Å². The maximum atomic E-state index is 11.3. The van der Waals surface area contributed by atoms with E-state index in [9.17, 15) is 9.59 Å². The van der Waals surface area contributed by atoms with Crippen molar-refractivity contribution in [3.05, 3.63) is 0 Å². The summed E-state index contributed by atoms with van der Waals surface area (Å²) >= 11 is 0. The van der Waals surface area contributed by atoms with Crippen LogP contribution in [-0.4, -0.2) is 36.7 Å². The number of hydrogen-bond acceptors (Lipinski definition) is 3. The summed E-state index contributed by atoms with van der Waals surface area (Å²) in [7, 11) is 1.54. The largest absolute Gasteiger partial charge is 0.481 e. The van der Waals surface area contributed by atoms with Crippen LogP contribution in [0.2, 0.25) is 0 Å². The van der Waals surface area contributed by atoms with Crippen molar-refractivity contribution < 1.29 is 19.4 Å². The van der Waals surface area contributed by atoms with E-state index in [2.05, 4.69) is 5.32 Å². The Balaban J connectivity index is 2.23. The molecular formula is C10H17NO4. The van der Waals surface area contributed by atoms with E-state index >= 15 is 0 Å². The predicted octanol–water partition coefficient (Wildman–Crippen LogP) is 0.392. The molecule has 0 radical (unpaired) electrons. The van der Waals surface area contributed by atoms with E-state index in [1.54, 1.807) is 7.11 Å². The minimum Gasteiger partial charge on any atom is -0.481 e. The van der Waals surface area contributed by atoms with Gasteiger partial charge in [0.15, 0.2) is 0 Å². The first kappa shape index (κ1) is 12.0. The third kappa shape index (κ3) is 3.87. The van der Waals surface area contributed by atoms with Crippen molar-refractivity contribution in [1.29, 1.82) is 0 Å². The third-order valence-corrected chi connectivity index (χ3v) is 2.68. The number of carbonyl (C=O) groups is 2. The maximum absolute atomic E-state index is 11.3. The molecule has 1 aliphatic rings. The zero-order chi connectivity index (χ0) is 11.3. The molecule has 5 nitrogen and oxygen atoms in total. The fourth-order valence-corrected chi connectivity index (χ4v) is 1.83. The molecule has 2 unspecified atom stereocenters. The van der Waals surface area contributed by atoms with Gasteiger partial charge in [0.25, 0.3) is 0 Å². The molecule has 1 aliphatic carbocycles. The Morgan fingerprint density at radius 1 is 1.47 bits per heavy atom. The Hall–Kier alpha value is -1.10. The van der Waals surface area contributed by atoms with Gasteiger partial charge in [-0.15, -0.1) is 0 Å². The smallest absolute Gasteiger partial charge is 0.306 e. The molecule has 0 heterocycles. The van der Waals surface area contributed by atoms with Crippen LogP contribution in [0.25, 0.3) is 0 Å². The van der Waals surface area contributed by atoms with Crippen molar-refractivity contribution in [3.8, 4) is 0 Å². The summed E-state index contributed by atoms with van der Waals surface area (Å²) in [4.78, 5) is 22.0. The van der Waals surface area contributed by atoms with Gasteiger partial charge < -0.3 is 15.2 Å². The molecule has 0 saturated heterocycles. The first-order chi connectivity index (χ1) is 7.13. The summed E-state index contributed by atoms with van der Waals surface area (Å²) in [5.41, 5.74) is 0. The standard InChI is InChI=1S/C10H17NO4/c1-15-5-4-9(12)11-8-3-2-7(6-8)10(13)14/h7-8H,2-6H2,1H3,(H,11,12)(H,13,14). The lowest BCUT2D eigenvalue weighted by Gasteiger charge is -2.11. The average molecular weight is 215 g/mol. The summed E-state index contributed by atoms with van der Waals surface area (Å²) in [6, 6.07) is 0.0236. The molecule has 5 heteroatoms. The van der Waals surface area contributed by atoms with Crippen LogP contribution in [0.4, 0.5) is 0 Å². The lowest BCUT2D eigenvalue weighted by atomic mass is 10.1. The van der Waals surface area contributed by atoms with Crippen LogP contribution in [0.1, 0.15) is 25.7 Å². The molecule has 15 heavy (non-hydrogen) atoms. The van der Waals surface area contributed by atoms with E-state index in [1.807, 2.05) is 0 Å². The van der Waals surface area contributed by atoms with Crippen molar-refractivity contribution >= 4 is 11.9 Å². The number of nitrogens with one attached hydrogen (secondary N) is 1. The van der Waals surface area contributed by atoms with Gasteiger partial charge in [0.2, 0.25) is 5.91 Å². The topological polar surface area (TPSA) is 75.6 Å². The van der Waals surface area contributed by atoms with Gasteiger partial charge in [0.05, 0.1) is 12.5 Å². The summed E-state index contributed by atoms with van der Waals surface area (Å²) in [5.74, 6) is -1.12. The van der Waals surface area contributed by atoms with Gasteiger partial charge in [-0.3, -0.25) is 9.59 Å². The third-order valence-electron chi connectivity index (χ3n) is 2.68. The molecule has 0 bridgehead atoms. The number of amides is 1. The van der Waals surface area contributed by atoms with Gasteiger partial charge in [-0.1, -0.05) is 0 Å². The molecule has 0 aromatic heterocycles. The quantitative estimate of drug-likeness (QED) is 0.695. The van der Waals surface area contributed by atoms with Crippen molar-refractivity contribution in [2.45, 2.75) is 31.7 Å². The summed E-state index contributed by atoms with van der Waals surface area (Å²) < 4.78 is 4.78. The highest BCUT2D eigenvalue weighted by molar-refractivity contribution is 5.76. The molecular weight excluding hydrogens is 198 g/mol. The minimum atomic E-state index is -0.761. The number of carboxylic acid groups (broad SMARTS) is 1. The minimum absolute atomic E-state index is 0.0236. The van der Waals surface area contributed by atoms with Crippen LogP contribution in [0.15, 0.2) is 0 Å². The molecule has 1 amide bonds. The lowest BCUT2D eigenvalue weighted by Crippen LogP contribution is -2.33. The second kappa shape index (κ2) is 5.70. The number of rotatable bonds is 5. The van der Waals surface area contributed by atoms with Gasteiger partial charge in [-0.2, -0.15) is 0 Å². The second-order valence-corrected chi connectivity index (χ2v) is 3.86. The van der Waals surface area contributed by atoms with Crippen LogP contribution in [0.3, 0.4) is 0 Å². The molecule has 1 rings (SSSR count). The van der Waals surface area contributed by atoms with E-state index in [-0.39, 0.29) is 17.9 Å². The predicted molar refractivity (Wildman–Crippen MR) is 53.4 cm³/mol. The van der Waals surface area contributed by atoms with Crippen LogP contribution in [0.5, 0.6) is 0 Å². The number of ether oxygens (including phenoxy) is 1. The Bertz CT molecular complexity index is 242. The fraction of sp³-hybridized carbons (Fsp3) is 0.800. The summed E-state index contributed by atoms with van der Waals surface area (Å²) in [5, 5.41) is 11.6. The molecule has 1 fully saturated rings. The lowest BCUT2D eigenvalue weighted by molar-refractivity contribution is -0.141. The van der Waals surface area contributed by atoms with Crippen LogP contribution in [0, 0.1) is 5.92 Å². The number of aliphatic carboxylic acids is 1. The Kier molecular flexibility index (Phi) is 4.55. The van der Waals surface area contributed by atoms with Gasteiger partial charge >= 0.3 is 5.97 Å². The van der Waals surface area contributed by atoms with Crippen LogP contribution in [-0.2, 0) is 14.3 Å². The molecule has 0 aliphatic heterocycles. The molecule has 2 atom stereocenters. The number of carbonyl (C=O) groups excluding carboxylic acids is 1. The van der Waals surface area contributed by atoms with Crippen molar-refractivity contribution in [2.75, 3.05) is 13.7 Å². The summed E-state index contributed by atoms with van der Waals surface area (Å²) in [6.45, 7) is 0.404. The van der Waals surface area contributed by atoms with Gasteiger partial charge in [-0.25, -0.2) is 0 Å². The van der Waals surface area contributed by atoms with Gasteiger partial charge in [-0.05, 0) is 19.3 Å². The van der Waals surface area contributed by atoms with Crippen LogP contribution < -0.4 is 5.32 Å². The number of methoxy groups -OCH3 is 1. The van der Waals surface area contributed by atoms with E-state index in [0.29, 0.717) is 25.9 Å². The Labute approximate surface area is 88.8 Å². The highest BCUT2D eigenvalue weighted by Gasteiger charge is 2.30. The molecule has 86 valence electrons. The second-order valence-electron chi connectivity index (χ2n) is 3.86. The first-order valence-corrected chi connectivity index (χ1v) is 5.14. The number of hydrogen-bond donors (Lipinski definition) is 2. The SMILES string of the molecule is COCCC(=O)NC1CCC(C(=O)O)C1. The zero-order valence-corrected chi connectivity index (χ0v) is 8.86. The highest BCUT2D eigenvalue weighted by atomic mass is 16.5. The zero-order valence-electron chi connectivity index (χ0n) is 8.86. The molecule has 0 spiro atoms. The summed E-state index contributed by atoms with van der Waals surface area (Å²) in [6.07, 6.45) is 2.30. The van der Waals surface area contributed by atoms with Crippen molar-refractivity contribution in [3.63, 3.8) is 0 Å². The van der Waals surface area contributed by atoms with E-state index in [0.717, 1.165) is 6.42 Å². The Morgan fingerprint density at radius 3 is 2.73 bits per heavy atom. The fourth-order valence-electron chi connectivity index (χ4n) is 1.83. The number of carboxylic acids is 1. The molecule has 0 aromatic rings. The van der Waals surface area contributed by atoms with E-state index in [4.69, 9.17) is 9.84 Å². The van der Waals surface area contributed by atoms with E-state index < -0.39 is 5.97 Å². The first-order valence-electron chi connectivity index (χ1n) is 5.14.